The molecule has 0 aromatic rings. The zero-order valence-corrected chi connectivity index (χ0v) is 7.81. The molecular weight excluding hydrogens is 131 g/mol. The largest absolute Gasteiger partial charge is 0.279 e. The lowest BCUT2D eigenvalue weighted by molar-refractivity contribution is 0.483. The first-order chi connectivity index (χ1) is 4.20. The molecule has 0 saturated carbocycles. The molecule has 0 amide bonds. The maximum Gasteiger partial charge on any atom is 0.0234 e. The second kappa shape index (κ2) is 5.16. The molecule has 0 aliphatic rings. The lowest BCUT2D eigenvalue weighted by Crippen LogP contribution is -2.17. The molecule has 0 bridgehead atoms. The van der Waals surface area contributed by atoms with Gasteiger partial charge in [0, 0.05) is 22.0 Å². The van der Waals surface area contributed by atoms with Gasteiger partial charge in [0.2, 0.25) is 0 Å². The van der Waals surface area contributed by atoms with Gasteiger partial charge in [0.1, 0.15) is 0 Å². The summed E-state index contributed by atoms with van der Waals surface area (Å²) < 4.78 is 4.62. The van der Waals surface area contributed by atoms with Crippen LogP contribution in [0.15, 0.2) is 0 Å². The minimum Gasteiger partial charge on any atom is -0.279 e. The Labute approximate surface area is 60.1 Å². The van der Waals surface area contributed by atoms with Gasteiger partial charge in [-0.15, -0.1) is 0 Å². The van der Waals surface area contributed by atoms with Gasteiger partial charge in [0.05, 0.1) is 0 Å². The summed E-state index contributed by atoms with van der Waals surface area (Å²) in [5.74, 6) is 0. The monoisotopic (exact) mass is 148 g/mol. The molecular formula is C6H17N2P. The van der Waals surface area contributed by atoms with Gasteiger partial charge in [0.25, 0.3) is 0 Å². The van der Waals surface area contributed by atoms with Gasteiger partial charge < -0.3 is 0 Å². The molecule has 1 atom stereocenters. The molecule has 0 aliphatic carbocycles. The van der Waals surface area contributed by atoms with Crippen molar-refractivity contribution in [2.45, 2.75) is 13.8 Å². The van der Waals surface area contributed by atoms with E-state index >= 15 is 0 Å². The number of hydrogen-bond donors (Lipinski definition) is 0. The minimum absolute atomic E-state index is 0.846. The predicted molar refractivity (Wildman–Crippen MR) is 44.9 cm³/mol. The highest BCUT2D eigenvalue weighted by Gasteiger charge is 1.97. The number of rotatable bonds is 4. The molecule has 2 nitrogen and oxygen atoms in total. The second-order valence-electron chi connectivity index (χ2n) is 2.17. The van der Waals surface area contributed by atoms with Crippen molar-refractivity contribution in [3.05, 3.63) is 0 Å². The molecule has 9 heavy (non-hydrogen) atoms. The van der Waals surface area contributed by atoms with Crippen LogP contribution in [0.25, 0.3) is 0 Å². The van der Waals surface area contributed by atoms with Crippen LogP contribution in [-0.2, 0) is 0 Å². The SMILES string of the molecule is CCN(CC)PN(C)C. The van der Waals surface area contributed by atoms with Gasteiger partial charge in [-0.3, -0.25) is 9.34 Å². The van der Waals surface area contributed by atoms with E-state index in [1.807, 2.05) is 0 Å². The molecule has 0 aromatic heterocycles. The van der Waals surface area contributed by atoms with Crippen LogP contribution >= 0.6 is 8.88 Å². The van der Waals surface area contributed by atoms with E-state index in [4.69, 9.17) is 0 Å². The average molecular weight is 148 g/mol. The Kier molecular flexibility index (Phi) is 5.36. The van der Waals surface area contributed by atoms with Crippen molar-refractivity contribution >= 4 is 8.88 Å². The highest BCUT2D eigenvalue weighted by Crippen LogP contribution is 2.17. The van der Waals surface area contributed by atoms with E-state index in [9.17, 15) is 0 Å². The van der Waals surface area contributed by atoms with Crippen LogP contribution in [0.3, 0.4) is 0 Å². The summed E-state index contributed by atoms with van der Waals surface area (Å²) in [4.78, 5) is 0. The van der Waals surface area contributed by atoms with Gasteiger partial charge in [-0.05, 0) is 14.1 Å². The number of nitrogens with zero attached hydrogens (tertiary/aromatic N) is 2. The fraction of sp³-hybridized carbons (Fsp3) is 1.00. The van der Waals surface area contributed by atoms with E-state index < -0.39 is 0 Å². The fourth-order valence-electron chi connectivity index (χ4n) is 0.648. The summed E-state index contributed by atoms with van der Waals surface area (Å²) in [5.41, 5.74) is 0. The zero-order chi connectivity index (χ0) is 7.28. The average Bonchev–Trinajstić information content (AvgIpc) is 1.82. The quantitative estimate of drug-likeness (QED) is 0.556. The van der Waals surface area contributed by atoms with Crippen molar-refractivity contribution in [1.82, 2.24) is 9.34 Å². The van der Waals surface area contributed by atoms with Crippen molar-refractivity contribution < 1.29 is 0 Å². The highest BCUT2D eigenvalue weighted by molar-refractivity contribution is 7.32. The topological polar surface area (TPSA) is 6.48 Å². The molecule has 0 radical (unpaired) electrons. The Morgan fingerprint density at radius 2 is 1.56 bits per heavy atom. The summed E-state index contributed by atoms with van der Waals surface area (Å²) in [6.07, 6.45) is 0. The van der Waals surface area contributed by atoms with Crippen LogP contribution < -0.4 is 0 Å². The van der Waals surface area contributed by atoms with Crippen molar-refractivity contribution in [3.63, 3.8) is 0 Å². The maximum atomic E-state index is 2.40. The van der Waals surface area contributed by atoms with Crippen molar-refractivity contribution in [2.75, 3.05) is 27.2 Å². The fourth-order valence-corrected chi connectivity index (χ4v) is 1.50. The first kappa shape index (κ1) is 9.35. The van der Waals surface area contributed by atoms with Gasteiger partial charge >= 0.3 is 0 Å². The lowest BCUT2D eigenvalue weighted by Gasteiger charge is -2.21. The normalized spacial score (nSPS) is 12.7. The van der Waals surface area contributed by atoms with Crippen molar-refractivity contribution in [2.24, 2.45) is 0 Å². The first-order valence-corrected chi connectivity index (χ1v) is 4.28. The van der Waals surface area contributed by atoms with Gasteiger partial charge in [0.15, 0.2) is 0 Å². The molecule has 0 aromatic carbocycles. The van der Waals surface area contributed by atoms with Gasteiger partial charge in [-0.25, -0.2) is 0 Å². The Morgan fingerprint density at radius 3 is 1.67 bits per heavy atom. The minimum atomic E-state index is 0.846. The first-order valence-electron chi connectivity index (χ1n) is 3.39. The van der Waals surface area contributed by atoms with Crippen LogP contribution in [0.5, 0.6) is 0 Å². The van der Waals surface area contributed by atoms with Gasteiger partial charge in [-0.2, -0.15) is 0 Å². The highest BCUT2D eigenvalue weighted by atomic mass is 31.1. The Hall–Kier alpha value is 0.350. The van der Waals surface area contributed by atoms with Crippen LogP contribution in [0.4, 0.5) is 0 Å². The summed E-state index contributed by atoms with van der Waals surface area (Å²) in [6.45, 7) is 6.71. The summed E-state index contributed by atoms with van der Waals surface area (Å²) >= 11 is 0. The third-order valence-electron chi connectivity index (χ3n) is 1.10. The van der Waals surface area contributed by atoms with Crippen molar-refractivity contribution in [1.29, 1.82) is 0 Å². The summed E-state index contributed by atoms with van der Waals surface area (Å²) in [7, 11) is 5.06. The molecule has 56 valence electrons. The molecule has 0 aliphatic heterocycles. The Morgan fingerprint density at radius 1 is 1.11 bits per heavy atom. The van der Waals surface area contributed by atoms with Gasteiger partial charge in [-0.1, -0.05) is 13.8 Å². The van der Waals surface area contributed by atoms with E-state index in [0.29, 0.717) is 0 Å². The van der Waals surface area contributed by atoms with E-state index in [2.05, 4.69) is 37.3 Å². The third kappa shape index (κ3) is 4.83. The van der Waals surface area contributed by atoms with Crippen molar-refractivity contribution in [3.8, 4) is 0 Å². The molecule has 0 spiro atoms. The molecule has 0 rings (SSSR count). The smallest absolute Gasteiger partial charge is 0.0234 e. The summed E-state index contributed by atoms with van der Waals surface area (Å²) in [5, 5.41) is 0. The predicted octanol–water partition coefficient (Wildman–Crippen LogP) is 1.40. The van der Waals surface area contributed by atoms with Crippen LogP contribution in [0.1, 0.15) is 13.8 Å². The van der Waals surface area contributed by atoms with Crippen LogP contribution in [-0.4, -0.2) is 36.5 Å². The molecule has 0 heterocycles. The molecule has 0 fully saturated rings. The van der Waals surface area contributed by atoms with Crippen LogP contribution in [0, 0.1) is 0 Å². The maximum absolute atomic E-state index is 2.40. The van der Waals surface area contributed by atoms with E-state index in [1.54, 1.807) is 0 Å². The molecule has 3 heteroatoms. The second-order valence-corrected chi connectivity index (χ2v) is 3.89. The van der Waals surface area contributed by atoms with E-state index in [1.165, 1.54) is 0 Å². The standard InChI is InChI=1S/C6H17N2P/c1-5-8(6-2)9-7(3)4/h9H,5-6H2,1-4H3. The molecule has 0 saturated heterocycles. The Bertz CT molecular complexity index is 62.1. The van der Waals surface area contributed by atoms with E-state index in [0.717, 1.165) is 22.0 Å². The van der Waals surface area contributed by atoms with Crippen LogP contribution in [0.2, 0.25) is 0 Å². The van der Waals surface area contributed by atoms with E-state index in [-0.39, 0.29) is 0 Å². The molecule has 0 N–H and O–H groups in total. The summed E-state index contributed by atoms with van der Waals surface area (Å²) in [6, 6.07) is 0. The number of hydrogen-bond acceptors (Lipinski definition) is 2. The molecule has 1 unspecified atom stereocenters. The lowest BCUT2D eigenvalue weighted by atomic mass is 10.7. The zero-order valence-electron chi connectivity index (χ0n) is 6.81. The Balaban J connectivity index is 3.31. The third-order valence-corrected chi connectivity index (χ3v) is 2.42.